The highest BCUT2D eigenvalue weighted by molar-refractivity contribution is 5.95. The van der Waals surface area contributed by atoms with E-state index in [0.29, 0.717) is 50.3 Å². The SMILES string of the molecule is COc1cc(C[C@@H]2CN(CCN3CCCCC3C(O)O)CCN2C(=O)c2cc(C(F)(F)F)cc(C(F)(F)F)c2)ccc1F. The van der Waals surface area contributed by atoms with E-state index in [1.165, 1.54) is 30.2 Å². The first-order valence-electron chi connectivity index (χ1n) is 13.9. The maximum absolute atomic E-state index is 14.0. The number of carbonyl (C=O) groups excluding carboxylic acids is 1. The molecule has 1 unspecified atom stereocenters. The van der Waals surface area contributed by atoms with E-state index in [2.05, 4.69) is 0 Å². The summed E-state index contributed by atoms with van der Waals surface area (Å²) < 4.78 is 100. The predicted molar refractivity (Wildman–Crippen MR) is 142 cm³/mol. The van der Waals surface area contributed by atoms with Crippen LogP contribution in [-0.2, 0) is 18.8 Å². The monoisotopic (exact) mass is 621 g/mol. The van der Waals surface area contributed by atoms with E-state index in [-0.39, 0.29) is 31.3 Å². The number of aliphatic hydroxyl groups excluding tert-OH is 1. The van der Waals surface area contributed by atoms with Crippen molar-refractivity contribution >= 4 is 5.91 Å². The van der Waals surface area contributed by atoms with E-state index in [1.807, 2.05) is 9.80 Å². The number of aliphatic hydroxyl groups is 2. The molecule has 0 spiro atoms. The molecule has 7 nitrogen and oxygen atoms in total. The Morgan fingerprint density at radius 3 is 2.23 bits per heavy atom. The number of rotatable bonds is 8. The van der Waals surface area contributed by atoms with Crippen molar-refractivity contribution in [2.75, 3.05) is 46.4 Å². The smallest absolute Gasteiger partial charge is 0.416 e. The number of likely N-dealkylation sites (tertiary alicyclic amines) is 1. The van der Waals surface area contributed by atoms with Gasteiger partial charge in [-0.3, -0.25) is 14.6 Å². The van der Waals surface area contributed by atoms with Gasteiger partial charge in [0, 0.05) is 44.3 Å². The molecule has 0 bridgehead atoms. The second-order valence-electron chi connectivity index (χ2n) is 10.9. The first-order chi connectivity index (χ1) is 20.2. The van der Waals surface area contributed by atoms with Crippen molar-refractivity contribution in [2.45, 2.75) is 56.4 Å². The quantitative estimate of drug-likeness (QED) is 0.336. The molecule has 0 aliphatic carbocycles. The van der Waals surface area contributed by atoms with Crippen LogP contribution in [-0.4, -0.2) is 95.6 Å². The molecule has 0 aromatic heterocycles. The molecule has 4 rings (SSSR count). The lowest BCUT2D eigenvalue weighted by molar-refractivity contribution is -0.143. The standard InChI is InChI=1S/C29H34F7N3O4/c1-43-25-13-18(5-6-23(25)30)12-22-17-37(8-10-38-7-3-2-4-24(38)27(41)42)9-11-39(22)26(40)19-14-20(28(31,32)33)16-21(15-19)29(34,35)36/h5-6,13-16,22,24,27,41-42H,2-4,7-12,17H2,1H3/t22-,24?/m1/s1. The lowest BCUT2D eigenvalue weighted by atomic mass is 9.98. The molecule has 238 valence electrons. The molecule has 2 aliphatic rings. The summed E-state index contributed by atoms with van der Waals surface area (Å²) >= 11 is 0. The number of ether oxygens (including phenoxy) is 1. The van der Waals surface area contributed by atoms with Crippen LogP contribution in [0.5, 0.6) is 5.75 Å². The molecule has 1 amide bonds. The molecule has 2 N–H and O–H groups in total. The van der Waals surface area contributed by atoms with Crippen LogP contribution in [0.25, 0.3) is 0 Å². The molecule has 14 heteroatoms. The average molecular weight is 622 g/mol. The van der Waals surface area contributed by atoms with Gasteiger partial charge in [0.25, 0.3) is 5.91 Å². The van der Waals surface area contributed by atoms with Crippen molar-refractivity contribution in [2.24, 2.45) is 0 Å². The zero-order valence-electron chi connectivity index (χ0n) is 23.5. The van der Waals surface area contributed by atoms with Crippen LogP contribution in [0.2, 0.25) is 0 Å². The Labute approximate surface area is 244 Å². The van der Waals surface area contributed by atoms with Crippen LogP contribution in [0.1, 0.15) is 46.3 Å². The van der Waals surface area contributed by atoms with Crippen molar-refractivity contribution < 1.29 is 50.5 Å². The number of amides is 1. The van der Waals surface area contributed by atoms with Gasteiger partial charge < -0.3 is 19.8 Å². The maximum Gasteiger partial charge on any atom is 0.416 e. The van der Waals surface area contributed by atoms with Gasteiger partial charge in [0.05, 0.1) is 24.3 Å². The van der Waals surface area contributed by atoms with Crippen LogP contribution in [0.15, 0.2) is 36.4 Å². The van der Waals surface area contributed by atoms with E-state index in [4.69, 9.17) is 4.74 Å². The van der Waals surface area contributed by atoms with E-state index in [9.17, 15) is 45.7 Å². The summed E-state index contributed by atoms with van der Waals surface area (Å²) in [7, 11) is 1.28. The minimum absolute atomic E-state index is 0.0193. The number of hydrogen-bond acceptors (Lipinski definition) is 6. The zero-order chi connectivity index (χ0) is 31.5. The number of alkyl halides is 6. The van der Waals surface area contributed by atoms with E-state index >= 15 is 0 Å². The third-order valence-corrected chi connectivity index (χ3v) is 8.06. The minimum atomic E-state index is -5.10. The number of nitrogens with zero attached hydrogens (tertiary/aromatic N) is 3. The molecular formula is C29H34F7N3O4. The predicted octanol–water partition coefficient (Wildman–Crippen LogP) is 4.41. The van der Waals surface area contributed by atoms with Crippen molar-refractivity contribution in [1.82, 2.24) is 14.7 Å². The van der Waals surface area contributed by atoms with E-state index in [1.54, 1.807) is 0 Å². The summed E-state index contributed by atoms with van der Waals surface area (Å²) in [6.45, 7) is 2.20. The van der Waals surface area contributed by atoms with Gasteiger partial charge in [0.1, 0.15) is 0 Å². The Bertz CT molecular complexity index is 1240. The Morgan fingerprint density at radius 2 is 1.63 bits per heavy atom. The van der Waals surface area contributed by atoms with Gasteiger partial charge in [-0.05, 0) is 61.7 Å². The highest BCUT2D eigenvalue weighted by Gasteiger charge is 2.39. The second kappa shape index (κ2) is 13.4. The lowest BCUT2D eigenvalue weighted by Gasteiger charge is -2.43. The van der Waals surface area contributed by atoms with Crippen LogP contribution in [0.4, 0.5) is 30.7 Å². The second-order valence-corrected chi connectivity index (χ2v) is 10.9. The molecule has 2 fully saturated rings. The summed E-state index contributed by atoms with van der Waals surface area (Å²) in [6.07, 6.45) is -9.17. The topological polar surface area (TPSA) is 76.5 Å². The van der Waals surface area contributed by atoms with Gasteiger partial charge in [-0.2, -0.15) is 26.3 Å². The summed E-state index contributed by atoms with van der Waals surface area (Å²) in [6, 6.07) is 3.84. The highest BCUT2D eigenvalue weighted by Crippen LogP contribution is 2.37. The van der Waals surface area contributed by atoms with Gasteiger partial charge in [-0.15, -0.1) is 0 Å². The molecule has 0 saturated carbocycles. The van der Waals surface area contributed by atoms with E-state index < -0.39 is 59.1 Å². The maximum atomic E-state index is 14.0. The lowest BCUT2D eigenvalue weighted by Crippen LogP contribution is -2.57. The zero-order valence-corrected chi connectivity index (χ0v) is 23.5. The van der Waals surface area contributed by atoms with Crippen molar-refractivity contribution in [3.8, 4) is 5.75 Å². The van der Waals surface area contributed by atoms with Gasteiger partial charge >= 0.3 is 12.4 Å². The summed E-state index contributed by atoms with van der Waals surface area (Å²) in [5.41, 5.74) is -3.33. The van der Waals surface area contributed by atoms with Crippen molar-refractivity contribution in [3.05, 3.63) is 64.5 Å². The average Bonchev–Trinajstić information content (AvgIpc) is 2.95. The fourth-order valence-electron chi connectivity index (χ4n) is 5.81. The van der Waals surface area contributed by atoms with Crippen LogP contribution in [0, 0.1) is 5.82 Å². The van der Waals surface area contributed by atoms with Crippen LogP contribution in [0.3, 0.4) is 0 Å². The largest absolute Gasteiger partial charge is 0.494 e. The minimum Gasteiger partial charge on any atom is -0.494 e. The Hall–Kier alpha value is -2.94. The van der Waals surface area contributed by atoms with Crippen molar-refractivity contribution in [3.63, 3.8) is 0 Å². The normalized spacial score (nSPS) is 21.0. The number of benzene rings is 2. The number of carbonyl (C=O) groups is 1. The third kappa shape index (κ3) is 8.16. The third-order valence-electron chi connectivity index (χ3n) is 8.06. The number of piperazine rings is 1. The number of halogens is 7. The molecule has 2 atom stereocenters. The number of hydrogen-bond donors (Lipinski definition) is 2. The summed E-state index contributed by atoms with van der Waals surface area (Å²) in [4.78, 5) is 18.8. The van der Waals surface area contributed by atoms with E-state index in [0.717, 1.165) is 12.8 Å². The summed E-state index contributed by atoms with van der Waals surface area (Å²) in [5.74, 6) is -1.64. The van der Waals surface area contributed by atoms with Crippen molar-refractivity contribution in [1.29, 1.82) is 0 Å². The number of methoxy groups -OCH3 is 1. The van der Waals surface area contributed by atoms with Gasteiger partial charge in [0.15, 0.2) is 17.9 Å². The first-order valence-corrected chi connectivity index (χ1v) is 13.9. The molecule has 0 radical (unpaired) electrons. The Balaban J connectivity index is 1.60. The van der Waals surface area contributed by atoms with Gasteiger partial charge in [-0.1, -0.05) is 12.5 Å². The highest BCUT2D eigenvalue weighted by atomic mass is 19.4. The van der Waals surface area contributed by atoms with Gasteiger partial charge in [-0.25, -0.2) is 4.39 Å². The molecule has 2 aromatic carbocycles. The number of piperidine rings is 1. The molecule has 2 aliphatic heterocycles. The molecule has 43 heavy (non-hydrogen) atoms. The molecule has 2 heterocycles. The molecule has 2 aromatic rings. The Morgan fingerprint density at radius 1 is 0.953 bits per heavy atom. The van der Waals surface area contributed by atoms with Crippen LogP contribution < -0.4 is 4.74 Å². The Kier molecular flexibility index (Phi) is 10.2. The fourth-order valence-corrected chi connectivity index (χ4v) is 5.81. The summed E-state index contributed by atoms with van der Waals surface area (Å²) in [5, 5.41) is 19.5. The molecule has 2 saturated heterocycles. The first kappa shape index (κ1) is 33.0. The fraction of sp³-hybridized carbons (Fsp3) is 0.552. The van der Waals surface area contributed by atoms with Gasteiger partial charge in [0.2, 0.25) is 0 Å². The molecular weight excluding hydrogens is 587 g/mol. The van der Waals surface area contributed by atoms with Crippen LogP contribution >= 0.6 is 0 Å².